The van der Waals surface area contributed by atoms with E-state index in [0.717, 1.165) is 122 Å². The van der Waals surface area contributed by atoms with E-state index in [0.29, 0.717) is 55.5 Å². The maximum Gasteiger partial charge on any atom is 0.303 e. The number of nitrogens with one attached hydrogen (secondary N) is 2. The highest BCUT2D eigenvalue weighted by Crippen LogP contribution is 2.50. The highest BCUT2D eigenvalue weighted by atomic mass is 16.4. The second-order valence-electron chi connectivity index (χ2n) is 23.9. The van der Waals surface area contributed by atoms with Gasteiger partial charge in [0.2, 0.25) is 0 Å². The fourth-order valence-corrected chi connectivity index (χ4v) is 13.8. The first-order valence-electron chi connectivity index (χ1n) is 29.1. The van der Waals surface area contributed by atoms with Crippen LogP contribution in [-0.4, -0.2) is 94.4 Å². The monoisotopic (exact) mass is 1040 g/mol. The number of nitrogens with zero attached hydrogens (tertiary/aromatic N) is 4. The summed E-state index contributed by atoms with van der Waals surface area (Å²) in [5.74, 6) is 2.07. The minimum atomic E-state index is -0.696. The molecule has 3 spiro atoms. The Kier molecular flexibility index (Phi) is 20.4. The van der Waals surface area contributed by atoms with Crippen LogP contribution in [0.25, 0.3) is 0 Å². The van der Waals surface area contributed by atoms with Gasteiger partial charge in [0.25, 0.3) is 17.7 Å². The topological polar surface area (TPSA) is 222 Å². The summed E-state index contributed by atoms with van der Waals surface area (Å²) >= 11 is 0. The zero-order valence-electron chi connectivity index (χ0n) is 45.9. The van der Waals surface area contributed by atoms with Gasteiger partial charge in [0, 0.05) is 73.5 Å². The highest BCUT2D eigenvalue weighted by molar-refractivity contribution is 5.99. The van der Waals surface area contributed by atoms with Crippen LogP contribution in [0.4, 0.5) is 0 Å². The third-order valence-corrected chi connectivity index (χ3v) is 19.1. The van der Waals surface area contributed by atoms with Crippen molar-refractivity contribution in [3.8, 4) is 6.07 Å². The predicted molar refractivity (Wildman–Crippen MR) is 301 cm³/mol. The molecule has 7 N–H and O–H groups in total. The van der Waals surface area contributed by atoms with Crippen molar-refractivity contribution >= 4 is 35.4 Å². The number of rotatable bonds is 12. The molecule has 0 aromatic heterocycles. The third-order valence-electron chi connectivity index (χ3n) is 19.1. The Morgan fingerprint density at radius 3 is 1.00 bits per heavy atom. The van der Waals surface area contributed by atoms with Crippen LogP contribution < -0.4 is 11.5 Å². The molecule has 3 amide bonds. The van der Waals surface area contributed by atoms with E-state index in [2.05, 4.69) is 19.9 Å². The van der Waals surface area contributed by atoms with Crippen molar-refractivity contribution < 1.29 is 24.3 Å². The van der Waals surface area contributed by atoms with Crippen LogP contribution in [0.3, 0.4) is 0 Å². The molecular formula is C63H88N8O5. The number of hydrogen-bond acceptors (Lipinski definition) is 7. The first-order valence-corrected chi connectivity index (χ1v) is 29.1. The van der Waals surface area contributed by atoms with Gasteiger partial charge in [-0.15, -0.1) is 0 Å². The number of carbonyl (C=O) groups excluding carboxylic acids is 3. The molecule has 0 unspecified atom stereocenters. The molecule has 9 rings (SSSR count). The van der Waals surface area contributed by atoms with Gasteiger partial charge in [0.15, 0.2) is 0 Å². The minimum absolute atomic E-state index is 0.00729. The van der Waals surface area contributed by atoms with Gasteiger partial charge < -0.3 is 31.3 Å². The Morgan fingerprint density at radius 2 is 0.750 bits per heavy atom. The summed E-state index contributed by atoms with van der Waals surface area (Å²) in [6.45, 7) is 9.68. The standard InChI is InChI=1S/C21H29N3O3.C21H31N3O.C21H28N2O/c22-19(23)16-2-4-17(5-3-16)20(27)24-13-11-21(12-14-24)9-7-15(8-10-21)1-6-18(25)26;1-2-3-16-8-10-21(11-9-16)12-14-24(15-13-21)20(25)18-6-4-17(5-7-18)19(22)23;1-2-3-17-8-10-21(11-9-17)12-14-23(15-13-21)20(24)19-6-4-18(16-22)5-7-19/h2-5,15H,1,6-14H2,(H3,22,23)(H,25,26);4-7,16H,2-3,8-15H2,1H3,(H3,22,23);4-7,17H,2-3,8-15H2,1H3. The van der Waals surface area contributed by atoms with E-state index in [4.69, 9.17) is 32.7 Å². The van der Waals surface area contributed by atoms with Crippen molar-refractivity contribution in [3.05, 3.63) is 106 Å². The molecule has 3 aliphatic carbocycles. The van der Waals surface area contributed by atoms with Crippen molar-refractivity contribution in [3.63, 3.8) is 0 Å². The second-order valence-corrected chi connectivity index (χ2v) is 23.9. The molecule has 6 fully saturated rings. The summed E-state index contributed by atoms with van der Waals surface area (Å²) in [7, 11) is 0. The maximum atomic E-state index is 12.7. The van der Waals surface area contributed by atoms with Crippen molar-refractivity contribution in [2.24, 2.45) is 45.5 Å². The Balaban J connectivity index is 0.000000166. The number of nitriles is 1. The number of hydrogen-bond donors (Lipinski definition) is 5. The number of piperidine rings is 3. The summed E-state index contributed by atoms with van der Waals surface area (Å²) in [4.78, 5) is 54.8. The molecule has 3 aromatic carbocycles. The summed E-state index contributed by atoms with van der Waals surface area (Å²) in [6, 6.07) is 23.2. The van der Waals surface area contributed by atoms with Gasteiger partial charge >= 0.3 is 5.97 Å². The Labute approximate surface area is 453 Å². The molecule has 76 heavy (non-hydrogen) atoms. The SMILES string of the molecule is CCCC1CCC2(CC1)CCN(C(=O)c1ccc(C#N)cc1)CC2.CCCC1CCC2(CC1)CCN(C(=O)c1ccc(C(=N)N)cc1)CC2.N=C(N)c1ccc(C(=O)N2CCC3(CCC(CCC(=O)O)CC3)CC2)cc1. The van der Waals surface area contributed by atoms with Crippen molar-refractivity contribution in [1.29, 1.82) is 16.1 Å². The van der Waals surface area contributed by atoms with Crippen LogP contribution >= 0.6 is 0 Å². The van der Waals surface area contributed by atoms with Gasteiger partial charge in [-0.3, -0.25) is 30.0 Å². The van der Waals surface area contributed by atoms with Gasteiger partial charge in [0.05, 0.1) is 11.6 Å². The van der Waals surface area contributed by atoms with Gasteiger partial charge in [-0.2, -0.15) is 5.26 Å². The number of benzene rings is 3. The number of carboxylic acids is 1. The normalized spacial score (nSPS) is 21.1. The molecule has 13 heteroatoms. The molecule has 3 aromatic rings. The lowest BCUT2D eigenvalue weighted by molar-refractivity contribution is -0.137. The van der Waals surface area contributed by atoms with Gasteiger partial charge in [0.1, 0.15) is 11.7 Å². The second kappa shape index (κ2) is 26.8. The van der Waals surface area contributed by atoms with Gasteiger partial charge in [-0.05, 0) is 205 Å². The lowest BCUT2D eigenvalue weighted by atomic mass is 9.65. The van der Waals surface area contributed by atoms with E-state index < -0.39 is 5.97 Å². The van der Waals surface area contributed by atoms with Crippen LogP contribution in [0.2, 0.25) is 0 Å². The average molecular weight is 1040 g/mol. The molecule has 410 valence electrons. The molecular weight excluding hydrogens is 949 g/mol. The fraction of sp³-hybridized carbons (Fsp3) is 0.603. The molecule has 13 nitrogen and oxygen atoms in total. The minimum Gasteiger partial charge on any atom is -0.481 e. The number of nitrogens with two attached hydrogens (primary N) is 2. The van der Waals surface area contributed by atoms with E-state index >= 15 is 0 Å². The first kappa shape index (κ1) is 57.7. The number of carboxylic acid groups (broad SMARTS) is 1. The number of nitrogen functional groups attached to an aromatic ring is 2. The largest absolute Gasteiger partial charge is 0.481 e. The van der Waals surface area contributed by atoms with E-state index in [1.54, 1.807) is 72.8 Å². The molecule has 0 bridgehead atoms. The Hall–Kier alpha value is -6.03. The van der Waals surface area contributed by atoms with Crippen LogP contribution in [-0.2, 0) is 4.79 Å². The van der Waals surface area contributed by atoms with E-state index in [1.165, 1.54) is 77.0 Å². The molecule has 6 aliphatic rings. The van der Waals surface area contributed by atoms with Crippen LogP contribution in [0.1, 0.15) is 216 Å². The molecule has 0 radical (unpaired) electrons. The number of likely N-dealkylation sites (tertiary alicyclic amines) is 3. The van der Waals surface area contributed by atoms with Crippen molar-refractivity contribution in [2.75, 3.05) is 39.3 Å². The quantitative estimate of drug-likeness (QED) is 0.0865. The van der Waals surface area contributed by atoms with Crippen LogP contribution in [0, 0.1) is 56.1 Å². The highest BCUT2D eigenvalue weighted by Gasteiger charge is 2.41. The predicted octanol–water partition coefficient (Wildman–Crippen LogP) is 12.2. The number of amidine groups is 2. The zero-order chi connectivity index (χ0) is 54.3. The van der Waals surface area contributed by atoms with Crippen molar-refractivity contribution in [1.82, 2.24) is 14.7 Å². The fourth-order valence-electron chi connectivity index (χ4n) is 13.8. The average Bonchev–Trinajstić information content (AvgIpc) is 3.45. The lowest BCUT2D eigenvalue weighted by Crippen LogP contribution is -2.44. The van der Waals surface area contributed by atoms with Gasteiger partial charge in [-0.1, -0.05) is 63.8 Å². The first-order chi connectivity index (χ1) is 36.6. The third kappa shape index (κ3) is 15.3. The molecule has 3 aliphatic heterocycles. The van der Waals surface area contributed by atoms with E-state index in [9.17, 15) is 19.2 Å². The van der Waals surface area contributed by atoms with Crippen LogP contribution in [0.15, 0.2) is 72.8 Å². The zero-order valence-corrected chi connectivity index (χ0v) is 45.9. The van der Waals surface area contributed by atoms with Crippen molar-refractivity contribution in [2.45, 2.75) is 168 Å². The molecule has 3 heterocycles. The van der Waals surface area contributed by atoms with Gasteiger partial charge in [-0.25, -0.2) is 0 Å². The lowest BCUT2D eigenvalue weighted by Gasteiger charge is -2.46. The number of carbonyl (C=O) groups is 4. The molecule has 3 saturated heterocycles. The summed E-state index contributed by atoms with van der Waals surface area (Å²) in [6.07, 6.45) is 28.7. The van der Waals surface area contributed by atoms with E-state index in [1.807, 2.05) is 14.7 Å². The molecule has 3 saturated carbocycles. The Bertz CT molecular complexity index is 2450. The summed E-state index contributed by atoms with van der Waals surface area (Å²) in [5.41, 5.74) is 16.2. The number of aliphatic carboxylic acids is 1. The summed E-state index contributed by atoms with van der Waals surface area (Å²) < 4.78 is 0. The van der Waals surface area contributed by atoms with E-state index in [-0.39, 0.29) is 35.8 Å². The Morgan fingerprint density at radius 1 is 0.487 bits per heavy atom. The summed E-state index contributed by atoms with van der Waals surface area (Å²) in [5, 5.41) is 32.6. The molecule has 0 atom stereocenters. The maximum absolute atomic E-state index is 12.7. The smallest absolute Gasteiger partial charge is 0.303 e. The van der Waals surface area contributed by atoms with Crippen LogP contribution in [0.5, 0.6) is 0 Å². The number of amides is 3.